The maximum absolute atomic E-state index is 9.46. The van der Waals surface area contributed by atoms with E-state index in [0.717, 1.165) is 28.6 Å². The number of hydrogen-bond donors (Lipinski definition) is 2. The van der Waals surface area contributed by atoms with Crippen molar-refractivity contribution in [1.29, 1.82) is 0 Å². The van der Waals surface area contributed by atoms with Gasteiger partial charge in [0.05, 0.1) is 0 Å². The molecule has 2 nitrogen and oxygen atoms in total. The van der Waals surface area contributed by atoms with Crippen molar-refractivity contribution >= 4 is 15.9 Å². The lowest BCUT2D eigenvalue weighted by atomic mass is 10.0. The van der Waals surface area contributed by atoms with Crippen LogP contribution in [0.1, 0.15) is 36.8 Å². The smallest absolute Gasteiger partial charge is 0.115 e. The van der Waals surface area contributed by atoms with Crippen LogP contribution in [0, 0.1) is 6.92 Å². The first-order chi connectivity index (χ1) is 9.70. The molecular weight excluding hydrogens is 314 g/mol. The number of H-pyrrole nitrogens is 1. The standard InChI is InChI=1S/C17H22BrNO/c1-13-10-15(20)7-8-16(13)17-11-14(12-19-17)6-4-2-3-5-9-18/h7-8,10-12,19-20H,2-6,9H2,1H3. The topological polar surface area (TPSA) is 36.0 Å². The summed E-state index contributed by atoms with van der Waals surface area (Å²) in [6.45, 7) is 2.02. The number of rotatable bonds is 7. The Bertz CT molecular complexity index is 548. The van der Waals surface area contributed by atoms with Gasteiger partial charge in [0, 0.05) is 22.8 Å². The minimum atomic E-state index is 0.324. The van der Waals surface area contributed by atoms with Gasteiger partial charge in [-0.2, -0.15) is 0 Å². The van der Waals surface area contributed by atoms with Gasteiger partial charge in [-0.3, -0.25) is 0 Å². The van der Waals surface area contributed by atoms with Crippen molar-refractivity contribution in [2.75, 3.05) is 5.33 Å². The molecule has 2 N–H and O–H groups in total. The molecule has 1 aromatic heterocycles. The van der Waals surface area contributed by atoms with Crippen molar-refractivity contribution in [2.45, 2.75) is 39.0 Å². The molecule has 108 valence electrons. The first-order valence-electron chi connectivity index (χ1n) is 7.24. The molecule has 20 heavy (non-hydrogen) atoms. The highest BCUT2D eigenvalue weighted by atomic mass is 79.9. The lowest BCUT2D eigenvalue weighted by Crippen LogP contribution is -1.84. The molecule has 0 aliphatic heterocycles. The molecule has 0 unspecified atom stereocenters. The predicted octanol–water partition coefficient (Wildman–Crippen LogP) is 5.19. The van der Waals surface area contributed by atoms with E-state index in [1.807, 2.05) is 13.0 Å². The Labute approximate surface area is 129 Å². The number of aryl methyl sites for hydroxylation is 2. The number of halogens is 1. The fourth-order valence-electron chi connectivity index (χ4n) is 2.47. The van der Waals surface area contributed by atoms with Crippen LogP contribution in [0.15, 0.2) is 30.5 Å². The molecule has 1 aromatic carbocycles. The maximum Gasteiger partial charge on any atom is 0.115 e. The van der Waals surface area contributed by atoms with Gasteiger partial charge in [0.15, 0.2) is 0 Å². The summed E-state index contributed by atoms with van der Waals surface area (Å²) in [6.07, 6.45) is 8.36. The second-order valence-corrected chi connectivity index (χ2v) is 6.07. The molecule has 3 heteroatoms. The first-order valence-corrected chi connectivity index (χ1v) is 8.36. The summed E-state index contributed by atoms with van der Waals surface area (Å²) in [4.78, 5) is 3.35. The van der Waals surface area contributed by atoms with Crippen LogP contribution in [0.4, 0.5) is 0 Å². The van der Waals surface area contributed by atoms with Crippen molar-refractivity contribution in [1.82, 2.24) is 4.98 Å². The van der Waals surface area contributed by atoms with E-state index >= 15 is 0 Å². The van der Waals surface area contributed by atoms with Crippen LogP contribution in [-0.2, 0) is 6.42 Å². The van der Waals surface area contributed by atoms with E-state index in [1.54, 1.807) is 12.1 Å². The number of hydrogen-bond acceptors (Lipinski definition) is 1. The number of nitrogens with one attached hydrogen (secondary N) is 1. The molecule has 0 radical (unpaired) electrons. The average Bonchev–Trinajstić information content (AvgIpc) is 2.87. The van der Waals surface area contributed by atoms with Crippen molar-refractivity contribution in [3.8, 4) is 17.0 Å². The molecule has 1 heterocycles. The third-order valence-electron chi connectivity index (χ3n) is 3.59. The van der Waals surface area contributed by atoms with Gasteiger partial charge in [0.2, 0.25) is 0 Å². The summed E-state index contributed by atoms with van der Waals surface area (Å²) in [5.41, 5.74) is 4.76. The summed E-state index contributed by atoms with van der Waals surface area (Å²) in [5.74, 6) is 0.324. The monoisotopic (exact) mass is 335 g/mol. The maximum atomic E-state index is 9.46. The minimum absolute atomic E-state index is 0.324. The normalized spacial score (nSPS) is 10.9. The number of phenols is 1. The summed E-state index contributed by atoms with van der Waals surface area (Å²) in [6, 6.07) is 7.74. The molecule has 0 atom stereocenters. The molecule has 2 aromatic rings. The molecule has 0 fully saturated rings. The van der Waals surface area contributed by atoms with Crippen molar-refractivity contribution in [3.63, 3.8) is 0 Å². The molecule has 0 saturated heterocycles. The Kier molecular flexibility index (Phi) is 5.72. The Morgan fingerprint density at radius 3 is 2.65 bits per heavy atom. The Balaban J connectivity index is 1.95. The van der Waals surface area contributed by atoms with Gasteiger partial charge in [-0.1, -0.05) is 28.8 Å². The molecule has 0 aliphatic carbocycles. The first kappa shape index (κ1) is 15.2. The molecule has 0 amide bonds. The van der Waals surface area contributed by atoms with E-state index < -0.39 is 0 Å². The van der Waals surface area contributed by atoms with E-state index in [2.05, 4.69) is 33.2 Å². The quantitative estimate of drug-likeness (QED) is 0.529. The SMILES string of the molecule is Cc1cc(O)ccc1-c1cc(CCCCCCBr)c[nH]1. The number of aromatic amines is 1. The summed E-state index contributed by atoms with van der Waals surface area (Å²) >= 11 is 3.46. The van der Waals surface area contributed by atoms with Gasteiger partial charge in [0.25, 0.3) is 0 Å². The number of aromatic hydroxyl groups is 1. The van der Waals surface area contributed by atoms with E-state index in [1.165, 1.54) is 31.2 Å². The van der Waals surface area contributed by atoms with Crippen LogP contribution in [0.3, 0.4) is 0 Å². The van der Waals surface area contributed by atoms with Crippen LogP contribution in [0.25, 0.3) is 11.3 Å². The molecule has 2 rings (SSSR count). The fraction of sp³-hybridized carbons (Fsp3) is 0.412. The lowest BCUT2D eigenvalue weighted by Gasteiger charge is -2.03. The molecule has 0 aliphatic rings. The zero-order chi connectivity index (χ0) is 14.4. The average molecular weight is 336 g/mol. The Morgan fingerprint density at radius 1 is 1.10 bits per heavy atom. The summed E-state index contributed by atoms with van der Waals surface area (Å²) in [5, 5.41) is 10.6. The van der Waals surface area contributed by atoms with Crippen LogP contribution in [0.2, 0.25) is 0 Å². The van der Waals surface area contributed by atoms with Crippen LogP contribution in [0.5, 0.6) is 5.75 Å². The second kappa shape index (κ2) is 7.53. The number of alkyl halides is 1. The number of aromatic nitrogens is 1. The van der Waals surface area contributed by atoms with E-state index in [0.29, 0.717) is 5.75 Å². The van der Waals surface area contributed by atoms with Crippen LogP contribution < -0.4 is 0 Å². The zero-order valence-corrected chi connectivity index (χ0v) is 13.5. The Morgan fingerprint density at radius 2 is 1.90 bits per heavy atom. The zero-order valence-electron chi connectivity index (χ0n) is 12.0. The van der Waals surface area contributed by atoms with Gasteiger partial charge in [0.1, 0.15) is 5.75 Å². The molecule has 0 spiro atoms. The van der Waals surface area contributed by atoms with Gasteiger partial charge in [-0.25, -0.2) is 0 Å². The number of benzene rings is 1. The third kappa shape index (κ3) is 4.14. The highest BCUT2D eigenvalue weighted by molar-refractivity contribution is 9.09. The highest BCUT2D eigenvalue weighted by Gasteiger charge is 2.05. The lowest BCUT2D eigenvalue weighted by molar-refractivity contribution is 0.475. The van der Waals surface area contributed by atoms with Gasteiger partial charge >= 0.3 is 0 Å². The van der Waals surface area contributed by atoms with E-state index in [-0.39, 0.29) is 0 Å². The molecule has 0 bridgehead atoms. The van der Waals surface area contributed by atoms with Gasteiger partial charge in [-0.05, 0) is 61.6 Å². The molecule has 0 saturated carbocycles. The van der Waals surface area contributed by atoms with Crippen LogP contribution >= 0.6 is 15.9 Å². The predicted molar refractivity (Wildman–Crippen MR) is 88.6 cm³/mol. The van der Waals surface area contributed by atoms with Gasteiger partial charge in [-0.15, -0.1) is 0 Å². The van der Waals surface area contributed by atoms with Crippen LogP contribution in [-0.4, -0.2) is 15.4 Å². The van der Waals surface area contributed by atoms with Crippen molar-refractivity contribution < 1.29 is 5.11 Å². The minimum Gasteiger partial charge on any atom is -0.508 e. The molecular formula is C17H22BrNO. The number of phenolic OH excluding ortho intramolecular Hbond substituents is 1. The second-order valence-electron chi connectivity index (χ2n) is 5.27. The number of unbranched alkanes of at least 4 members (excludes halogenated alkanes) is 3. The van der Waals surface area contributed by atoms with E-state index in [4.69, 9.17) is 0 Å². The largest absolute Gasteiger partial charge is 0.508 e. The third-order valence-corrected chi connectivity index (χ3v) is 4.15. The fourth-order valence-corrected chi connectivity index (χ4v) is 2.86. The van der Waals surface area contributed by atoms with Crippen molar-refractivity contribution in [2.24, 2.45) is 0 Å². The highest BCUT2D eigenvalue weighted by Crippen LogP contribution is 2.26. The Hall–Kier alpha value is -1.22. The van der Waals surface area contributed by atoms with E-state index in [9.17, 15) is 5.11 Å². The van der Waals surface area contributed by atoms with Crippen molar-refractivity contribution in [3.05, 3.63) is 41.6 Å². The summed E-state index contributed by atoms with van der Waals surface area (Å²) in [7, 11) is 0. The summed E-state index contributed by atoms with van der Waals surface area (Å²) < 4.78 is 0. The van der Waals surface area contributed by atoms with Gasteiger partial charge < -0.3 is 10.1 Å².